The topological polar surface area (TPSA) is 71.4 Å². The zero-order valence-corrected chi connectivity index (χ0v) is 15.5. The van der Waals surface area contributed by atoms with E-state index in [2.05, 4.69) is 25.6 Å². The predicted molar refractivity (Wildman–Crippen MR) is 104 cm³/mol. The van der Waals surface area contributed by atoms with E-state index in [1.807, 2.05) is 43.9 Å². The second-order valence-corrected chi connectivity index (χ2v) is 6.57. The molecule has 4 aromatic rings. The molecule has 0 aliphatic heterocycles. The molecule has 138 valence electrons. The van der Waals surface area contributed by atoms with Crippen molar-refractivity contribution in [2.45, 2.75) is 26.9 Å². The first-order valence-corrected chi connectivity index (χ1v) is 8.91. The van der Waals surface area contributed by atoms with Gasteiger partial charge in [0, 0.05) is 35.8 Å². The molecule has 0 amide bonds. The van der Waals surface area contributed by atoms with Crippen LogP contribution in [-0.4, -0.2) is 32.0 Å². The first kappa shape index (κ1) is 17.4. The fourth-order valence-electron chi connectivity index (χ4n) is 3.38. The molecule has 3 aromatic heterocycles. The van der Waals surface area contributed by atoms with Crippen molar-refractivity contribution < 1.29 is 4.39 Å². The molecule has 0 fully saturated rings. The van der Waals surface area contributed by atoms with Crippen LogP contribution in [0.4, 0.5) is 4.39 Å². The normalized spacial score (nSPS) is 11.4. The number of benzene rings is 1. The van der Waals surface area contributed by atoms with E-state index in [1.54, 1.807) is 18.5 Å². The number of aryl methyl sites for hydroxylation is 2. The minimum Gasteiger partial charge on any atom is -0.316 e. The minimum atomic E-state index is -0.268. The highest BCUT2D eigenvalue weighted by molar-refractivity contribution is 5.94. The fraction of sp³-hybridized carbons (Fsp3) is 0.250. The van der Waals surface area contributed by atoms with Crippen LogP contribution in [0.1, 0.15) is 18.1 Å². The molecule has 0 aliphatic rings. The second-order valence-electron chi connectivity index (χ2n) is 6.57. The summed E-state index contributed by atoms with van der Waals surface area (Å²) in [6.07, 6.45) is 5.44. The Hall–Kier alpha value is -3.06. The monoisotopic (exact) mass is 364 g/mol. The predicted octanol–water partition coefficient (Wildman–Crippen LogP) is 3.68. The number of aromatic nitrogens is 5. The third-order valence-corrected chi connectivity index (χ3v) is 4.66. The fourth-order valence-corrected chi connectivity index (χ4v) is 3.38. The number of nitrogens with one attached hydrogen (secondary N) is 2. The Labute approximate surface area is 156 Å². The van der Waals surface area contributed by atoms with Crippen molar-refractivity contribution in [3.8, 4) is 22.5 Å². The molecule has 0 aliphatic carbocycles. The third kappa shape index (κ3) is 3.10. The van der Waals surface area contributed by atoms with E-state index in [-0.39, 0.29) is 5.82 Å². The zero-order chi connectivity index (χ0) is 19.0. The quantitative estimate of drug-likeness (QED) is 0.567. The summed E-state index contributed by atoms with van der Waals surface area (Å²) in [4.78, 5) is 4.46. The van der Waals surface area contributed by atoms with Crippen LogP contribution >= 0.6 is 0 Å². The van der Waals surface area contributed by atoms with Gasteiger partial charge in [0.05, 0.1) is 23.6 Å². The number of rotatable bonds is 5. The van der Waals surface area contributed by atoms with Gasteiger partial charge in [-0.05, 0) is 44.2 Å². The molecule has 0 atom stereocenters. The molecular weight excluding hydrogens is 343 g/mol. The van der Waals surface area contributed by atoms with Crippen molar-refractivity contribution in [3.05, 3.63) is 53.7 Å². The largest absolute Gasteiger partial charge is 0.316 e. The first-order valence-electron chi connectivity index (χ1n) is 8.91. The number of fused-ring (bicyclic) bond motifs is 1. The minimum absolute atomic E-state index is 0.268. The summed E-state index contributed by atoms with van der Waals surface area (Å²) < 4.78 is 16.7. The Balaban J connectivity index is 1.83. The molecule has 0 bridgehead atoms. The Morgan fingerprint density at radius 3 is 2.78 bits per heavy atom. The van der Waals surface area contributed by atoms with Gasteiger partial charge in [-0.15, -0.1) is 0 Å². The van der Waals surface area contributed by atoms with Gasteiger partial charge >= 0.3 is 0 Å². The summed E-state index contributed by atoms with van der Waals surface area (Å²) in [7, 11) is 1.84. The molecule has 27 heavy (non-hydrogen) atoms. The lowest BCUT2D eigenvalue weighted by molar-refractivity contribution is 0.625. The van der Waals surface area contributed by atoms with Crippen LogP contribution in [0.3, 0.4) is 0 Å². The number of halogens is 1. The molecule has 2 N–H and O–H groups in total. The van der Waals surface area contributed by atoms with Gasteiger partial charge in [-0.25, -0.2) is 4.39 Å². The second kappa shape index (κ2) is 6.92. The average molecular weight is 364 g/mol. The highest BCUT2D eigenvalue weighted by Crippen LogP contribution is 2.32. The van der Waals surface area contributed by atoms with E-state index in [9.17, 15) is 4.39 Å². The van der Waals surface area contributed by atoms with Crippen LogP contribution in [0.25, 0.3) is 33.4 Å². The van der Waals surface area contributed by atoms with E-state index in [0.29, 0.717) is 17.8 Å². The van der Waals surface area contributed by atoms with Gasteiger partial charge in [-0.3, -0.25) is 14.8 Å². The number of hydrogen-bond acceptors (Lipinski definition) is 4. The molecule has 1 aromatic carbocycles. The summed E-state index contributed by atoms with van der Waals surface area (Å²) >= 11 is 0. The van der Waals surface area contributed by atoms with Crippen molar-refractivity contribution in [3.63, 3.8) is 0 Å². The van der Waals surface area contributed by atoms with E-state index in [1.165, 1.54) is 0 Å². The molecular formula is C20H21FN6. The summed E-state index contributed by atoms with van der Waals surface area (Å²) in [5, 5.41) is 15.7. The molecule has 0 unspecified atom stereocenters. The van der Waals surface area contributed by atoms with Crippen molar-refractivity contribution in [2.24, 2.45) is 0 Å². The number of H-pyrrole nitrogens is 1. The Kier molecular flexibility index (Phi) is 4.45. The van der Waals surface area contributed by atoms with E-state index < -0.39 is 0 Å². The molecule has 0 saturated carbocycles. The average Bonchev–Trinajstić information content (AvgIpc) is 3.27. The van der Waals surface area contributed by atoms with Crippen molar-refractivity contribution in [1.82, 2.24) is 30.3 Å². The van der Waals surface area contributed by atoms with Crippen LogP contribution in [0.2, 0.25) is 0 Å². The maximum Gasteiger partial charge on any atom is 0.133 e. The van der Waals surface area contributed by atoms with Crippen molar-refractivity contribution in [2.75, 3.05) is 7.05 Å². The van der Waals surface area contributed by atoms with Gasteiger partial charge in [0.1, 0.15) is 11.5 Å². The lowest BCUT2D eigenvalue weighted by atomic mass is 10.00. The lowest BCUT2D eigenvalue weighted by Crippen LogP contribution is -2.06. The SMILES string of the molecule is CCn1cc(-c2n[nH]c3cnc(-c4c(C)cc(CNC)cc4F)cc23)cn1. The third-order valence-electron chi connectivity index (χ3n) is 4.66. The molecule has 0 spiro atoms. The van der Waals surface area contributed by atoms with Crippen LogP contribution in [0.5, 0.6) is 0 Å². The van der Waals surface area contributed by atoms with Gasteiger partial charge in [0.15, 0.2) is 0 Å². The molecule has 6 nitrogen and oxygen atoms in total. The number of nitrogens with zero attached hydrogens (tertiary/aromatic N) is 4. The smallest absolute Gasteiger partial charge is 0.133 e. The number of hydrogen-bond donors (Lipinski definition) is 2. The molecule has 0 saturated heterocycles. The van der Waals surface area contributed by atoms with Gasteiger partial charge in [0.2, 0.25) is 0 Å². The van der Waals surface area contributed by atoms with Crippen molar-refractivity contribution >= 4 is 10.9 Å². The number of aromatic amines is 1. The standard InChI is InChI=1S/C20H21FN6/c1-4-27-11-14(9-24-27)20-15-7-17(23-10-18(15)25-26-20)19-12(2)5-13(8-22-3)6-16(19)21/h5-7,9-11,22H,4,8H2,1-3H3,(H,25,26). The summed E-state index contributed by atoms with van der Waals surface area (Å²) in [5.74, 6) is -0.268. The Bertz CT molecular complexity index is 1090. The van der Waals surface area contributed by atoms with Gasteiger partial charge in [-0.1, -0.05) is 6.07 Å². The van der Waals surface area contributed by atoms with Crippen LogP contribution in [-0.2, 0) is 13.1 Å². The van der Waals surface area contributed by atoms with Crippen LogP contribution in [0, 0.1) is 12.7 Å². The maximum absolute atomic E-state index is 14.8. The lowest BCUT2D eigenvalue weighted by Gasteiger charge is -2.10. The summed E-state index contributed by atoms with van der Waals surface area (Å²) in [6, 6.07) is 5.44. The molecule has 7 heteroatoms. The number of pyridine rings is 1. The summed E-state index contributed by atoms with van der Waals surface area (Å²) in [6.45, 7) is 5.35. The molecule has 0 radical (unpaired) electrons. The maximum atomic E-state index is 14.8. The van der Waals surface area contributed by atoms with E-state index in [0.717, 1.165) is 39.8 Å². The highest BCUT2D eigenvalue weighted by Gasteiger charge is 2.16. The van der Waals surface area contributed by atoms with E-state index in [4.69, 9.17) is 0 Å². The van der Waals surface area contributed by atoms with Gasteiger partial charge < -0.3 is 5.32 Å². The molecule has 4 rings (SSSR count). The Morgan fingerprint density at radius 2 is 2.07 bits per heavy atom. The van der Waals surface area contributed by atoms with Gasteiger partial charge in [-0.2, -0.15) is 10.2 Å². The highest BCUT2D eigenvalue weighted by atomic mass is 19.1. The molecule has 3 heterocycles. The Morgan fingerprint density at radius 1 is 1.22 bits per heavy atom. The van der Waals surface area contributed by atoms with Crippen LogP contribution < -0.4 is 5.32 Å². The summed E-state index contributed by atoms with van der Waals surface area (Å²) in [5.41, 5.74) is 5.40. The van der Waals surface area contributed by atoms with E-state index >= 15 is 0 Å². The van der Waals surface area contributed by atoms with Gasteiger partial charge in [0.25, 0.3) is 0 Å². The van der Waals surface area contributed by atoms with Crippen LogP contribution in [0.15, 0.2) is 36.8 Å². The zero-order valence-electron chi connectivity index (χ0n) is 15.5. The first-order chi connectivity index (χ1) is 13.1. The van der Waals surface area contributed by atoms with Crippen molar-refractivity contribution in [1.29, 1.82) is 0 Å².